The van der Waals surface area contributed by atoms with Crippen LogP contribution in [-0.2, 0) is 0 Å². The number of fused-ring (bicyclic) bond motifs is 1. The molecular formula is C20H17N5O4. The average molecular weight is 391 g/mol. The first-order chi connectivity index (χ1) is 14.0. The Morgan fingerprint density at radius 1 is 1.21 bits per heavy atom. The predicted octanol–water partition coefficient (Wildman–Crippen LogP) is 2.66. The van der Waals surface area contributed by atoms with E-state index in [-0.39, 0.29) is 22.3 Å². The van der Waals surface area contributed by atoms with Gasteiger partial charge in [0.15, 0.2) is 11.2 Å². The van der Waals surface area contributed by atoms with Crippen LogP contribution in [0.4, 0.5) is 5.69 Å². The van der Waals surface area contributed by atoms with Crippen molar-refractivity contribution in [2.45, 2.75) is 6.92 Å². The first kappa shape index (κ1) is 18.2. The van der Waals surface area contributed by atoms with Crippen LogP contribution < -0.4 is 16.0 Å². The molecule has 0 spiro atoms. The number of anilines is 1. The highest BCUT2D eigenvalue weighted by Gasteiger charge is 2.15. The lowest BCUT2D eigenvalue weighted by molar-refractivity contribution is 0.0698. The molecule has 0 aliphatic carbocycles. The lowest BCUT2D eigenvalue weighted by Gasteiger charge is -2.13. The van der Waals surface area contributed by atoms with Gasteiger partial charge in [0.2, 0.25) is 0 Å². The van der Waals surface area contributed by atoms with Gasteiger partial charge in [-0.2, -0.15) is 0 Å². The monoisotopic (exact) mass is 391 g/mol. The van der Waals surface area contributed by atoms with Gasteiger partial charge in [-0.05, 0) is 42.3 Å². The molecule has 0 saturated heterocycles. The maximum Gasteiger partial charge on any atom is 0.337 e. The van der Waals surface area contributed by atoms with Crippen molar-refractivity contribution in [1.82, 2.24) is 19.9 Å². The number of nitrogens with two attached hydrogens (primary N) is 1. The predicted molar refractivity (Wildman–Crippen MR) is 108 cm³/mol. The van der Waals surface area contributed by atoms with E-state index in [1.807, 2.05) is 13.0 Å². The molecule has 2 heterocycles. The first-order valence-corrected chi connectivity index (χ1v) is 8.81. The molecule has 4 rings (SSSR count). The summed E-state index contributed by atoms with van der Waals surface area (Å²) in [7, 11) is 0. The highest BCUT2D eigenvalue weighted by molar-refractivity contribution is 5.95. The second kappa shape index (κ2) is 7.12. The van der Waals surface area contributed by atoms with Crippen LogP contribution >= 0.6 is 0 Å². The van der Waals surface area contributed by atoms with Crippen molar-refractivity contribution in [1.29, 1.82) is 0 Å². The molecule has 0 aliphatic heterocycles. The number of hydrogen-bond donors (Lipinski definition) is 4. The molecule has 0 unspecified atom stereocenters. The lowest BCUT2D eigenvalue weighted by Crippen LogP contribution is -2.10. The minimum absolute atomic E-state index is 0.0463. The Kier molecular flexibility index (Phi) is 4.47. The van der Waals surface area contributed by atoms with E-state index in [0.717, 1.165) is 11.1 Å². The summed E-state index contributed by atoms with van der Waals surface area (Å²) in [6.45, 7) is 2.26. The number of ether oxygens (including phenoxy) is 1. The van der Waals surface area contributed by atoms with Gasteiger partial charge in [-0.25, -0.2) is 14.8 Å². The zero-order valence-corrected chi connectivity index (χ0v) is 15.4. The summed E-state index contributed by atoms with van der Waals surface area (Å²) in [5, 5.41) is 9.14. The Morgan fingerprint density at radius 3 is 2.69 bits per heavy atom. The fourth-order valence-electron chi connectivity index (χ4n) is 3.08. The third kappa shape index (κ3) is 3.29. The summed E-state index contributed by atoms with van der Waals surface area (Å²) in [5.41, 5.74) is 8.48. The zero-order chi connectivity index (χ0) is 20.5. The molecule has 0 amide bonds. The molecule has 9 nitrogen and oxygen atoms in total. The van der Waals surface area contributed by atoms with Crippen molar-refractivity contribution < 1.29 is 14.6 Å². The van der Waals surface area contributed by atoms with Crippen molar-refractivity contribution in [2.75, 3.05) is 12.3 Å². The topological polar surface area (TPSA) is 147 Å². The number of nitrogens with one attached hydrogen (secondary N) is 2. The Balaban J connectivity index is 1.82. The SMILES string of the molecule is CCOc1cc(-c2ccc(C(=O)O)c(N)c2)ccc1-c1nc2[nH]cnc2c(=O)[nH]1. The van der Waals surface area contributed by atoms with Gasteiger partial charge in [-0.3, -0.25) is 4.79 Å². The zero-order valence-electron chi connectivity index (χ0n) is 15.4. The summed E-state index contributed by atoms with van der Waals surface area (Å²) in [4.78, 5) is 37.3. The van der Waals surface area contributed by atoms with Gasteiger partial charge in [-0.15, -0.1) is 0 Å². The second-order valence-corrected chi connectivity index (χ2v) is 6.27. The normalized spacial score (nSPS) is 10.9. The average Bonchev–Trinajstić information content (AvgIpc) is 3.17. The molecule has 0 atom stereocenters. The van der Waals surface area contributed by atoms with Crippen molar-refractivity contribution in [2.24, 2.45) is 0 Å². The fourth-order valence-corrected chi connectivity index (χ4v) is 3.08. The summed E-state index contributed by atoms with van der Waals surface area (Å²) in [5.74, 6) is -0.209. The van der Waals surface area contributed by atoms with Crippen molar-refractivity contribution in [3.63, 3.8) is 0 Å². The highest BCUT2D eigenvalue weighted by atomic mass is 16.5. The number of aromatic amines is 2. The molecule has 0 fully saturated rings. The molecule has 146 valence electrons. The number of benzene rings is 2. The Hall–Kier alpha value is -4.14. The smallest absolute Gasteiger partial charge is 0.337 e. The van der Waals surface area contributed by atoms with Gasteiger partial charge < -0.3 is 25.5 Å². The largest absolute Gasteiger partial charge is 0.493 e. The van der Waals surface area contributed by atoms with Gasteiger partial charge in [0, 0.05) is 5.69 Å². The Bertz CT molecular complexity index is 1290. The molecule has 0 aliphatic rings. The number of hydrogen-bond acceptors (Lipinski definition) is 6. The number of H-pyrrole nitrogens is 2. The second-order valence-electron chi connectivity index (χ2n) is 6.27. The molecule has 2 aromatic heterocycles. The van der Waals surface area contributed by atoms with Crippen LogP contribution in [0.15, 0.2) is 47.5 Å². The van der Waals surface area contributed by atoms with Crippen molar-refractivity contribution >= 4 is 22.8 Å². The van der Waals surface area contributed by atoms with Crippen LogP contribution in [0.1, 0.15) is 17.3 Å². The standard InChI is InChI=1S/C20H17N5O4/c1-2-29-15-8-11(10-3-5-12(20(27)28)14(21)7-10)4-6-13(15)17-24-18-16(19(26)25-17)22-9-23-18/h3-9H,2,21H2,1H3,(H,27,28)(H2,22,23,24,25,26). The molecule has 4 aromatic rings. The summed E-state index contributed by atoms with van der Waals surface area (Å²) in [6, 6.07) is 10.1. The van der Waals surface area contributed by atoms with Crippen LogP contribution in [0, 0.1) is 0 Å². The maximum atomic E-state index is 12.2. The summed E-state index contributed by atoms with van der Waals surface area (Å²) < 4.78 is 5.77. The fraction of sp³-hybridized carbons (Fsp3) is 0.100. The van der Waals surface area contributed by atoms with Crippen molar-refractivity contribution in [3.05, 3.63) is 58.6 Å². The Labute approximate surface area is 164 Å². The summed E-state index contributed by atoms with van der Waals surface area (Å²) in [6.07, 6.45) is 1.41. The minimum atomic E-state index is -1.08. The van der Waals surface area contributed by atoms with E-state index in [4.69, 9.17) is 15.6 Å². The van der Waals surface area contributed by atoms with Crippen LogP contribution in [0.2, 0.25) is 0 Å². The lowest BCUT2D eigenvalue weighted by atomic mass is 10.00. The number of carbonyl (C=O) groups is 1. The van der Waals surface area contributed by atoms with E-state index in [9.17, 15) is 9.59 Å². The summed E-state index contributed by atoms with van der Waals surface area (Å²) >= 11 is 0. The number of carboxylic acid groups (broad SMARTS) is 1. The van der Waals surface area contributed by atoms with E-state index < -0.39 is 5.97 Å². The number of imidazole rings is 1. The van der Waals surface area contributed by atoms with Gasteiger partial charge in [0.1, 0.15) is 11.6 Å². The molecule has 2 aromatic carbocycles. The van der Waals surface area contributed by atoms with Crippen LogP contribution in [0.3, 0.4) is 0 Å². The molecule has 5 N–H and O–H groups in total. The van der Waals surface area contributed by atoms with E-state index in [2.05, 4.69) is 19.9 Å². The van der Waals surface area contributed by atoms with Crippen LogP contribution in [0.5, 0.6) is 5.75 Å². The molecule has 9 heteroatoms. The van der Waals surface area contributed by atoms with Crippen molar-refractivity contribution in [3.8, 4) is 28.3 Å². The van der Waals surface area contributed by atoms with E-state index in [1.165, 1.54) is 12.4 Å². The van der Waals surface area contributed by atoms with E-state index >= 15 is 0 Å². The number of rotatable bonds is 5. The maximum absolute atomic E-state index is 12.2. The molecular weight excluding hydrogens is 374 g/mol. The molecule has 0 bridgehead atoms. The van der Waals surface area contributed by atoms with Crippen LogP contribution in [-0.4, -0.2) is 37.6 Å². The number of aromatic nitrogens is 4. The van der Waals surface area contributed by atoms with Gasteiger partial charge >= 0.3 is 5.97 Å². The minimum Gasteiger partial charge on any atom is -0.493 e. The Morgan fingerprint density at radius 2 is 1.97 bits per heavy atom. The number of nitrogens with zero attached hydrogens (tertiary/aromatic N) is 2. The van der Waals surface area contributed by atoms with E-state index in [0.29, 0.717) is 29.4 Å². The molecule has 0 saturated carbocycles. The quantitative estimate of drug-likeness (QED) is 0.382. The first-order valence-electron chi connectivity index (χ1n) is 8.81. The molecule has 0 radical (unpaired) electrons. The molecule has 29 heavy (non-hydrogen) atoms. The van der Waals surface area contributed by atoms with Crippen LogP contribution in [0.25, 0.3) is 33.7 Å². The number of aromatic carboxylic acids is 1. The highest BCUT2D eigenvalue weighted by Crippen LogP contribution is 2.33. The van der Waals surface area contributed by atoms with Gasteiger partial charge in [0.05, 0.1) is 24.1 Å². The number of nitrogen functional groups attached to an aromatic ring is 1. The number of carboxylic acids is 1. The van der Waals surface area contributed by atoms with E-state index in [1.54, 1.807) is 24.3 Å². The third-order valence-corrected chi connectivity index (χ3v) is 4.44. The van der Waals surface area contributed by atoms with Gasteiger partial charge in [-0.1, -0.05) is 12.1 Å². The van der Waals surface area contributed by atoms with Gasteiger partial charge in [0.25, 0.3) is 5.56 Å². The third-order valence-electron chi connectivity index (χ3n) is 4.44.